The van der Waals surface area contributed by atoms with E-state index in [1.807, 2.05) is 0 Å². The van der Waals surface area contributed by atoms with Crippen LogP contribution < -0.4 is 11.2 Å². The van der Waals surface area contributed by atoms with Crippen LogP contribution in [-0.4, -0.2) is 16.3 Å². The maximum atomic E-state index is 12.9. The van der Waals surface area contributed by atoms with E-state index < -0.39 is 11.7 Å². The van der Waals surface area contributed by atoms with Crippen LogP contribution in [0.4, 0.5) is 13.2 Å². The van der Waals surface area contributed by atoms with Crippen molar-refractivity contribution in [3.63, 3.8) is 0 Å². The van der Waals surface area contributed by atoms with E-state index in [1.165, 1.54) is 24.5 Å². The molecule has 20 heavy (non-hydrogen) atoms. The van der Waals surface area contributed by atoms with Gasteiger partial charge in [0.15, 0.2) is 5.11 Å². The van der Waals surface area contributed by atoms with E-state index in [0.29, 0.717) is 5.39 Å². The molecule has 2 rings (SSSR count). The Kier molecular flexibility index (Phi) is 3.84. The van der Waals surface area contributed by atoms with Crippen molar-refractivity contribution in [3.8, 4) is 0 Å². The highest BCUT2D eigenvalue weighted by Gasteiger charge is 2.32. The summed E-state index contributed by atoms with van der Waals surface area (Å²) < 4.78 is 38.7. The van der Waals surface area contributed by atoms with Gasteiger partial charge in [0.1, 0.15) is 0 Å². The van der Waals surface area contributed by atoms with Crippen LogP contribution in [0.25, 0.3) is 10.8 Å². The minimum absolute atomic E-state index is 0.0440. The molecule has 104 valence electrons. The second kappa shape index (κ2) is 5.41. The molecule has 0 fully saturated rings. The lowest BCUT2D eigenvalue weighted by molar-refractivity contribution is -0.136. The van der Waals surface area contributed by atoms with Crippen molar-refractivity contribution in [1.82, 2.24) is 10.4 Å². The zero-order valence-electron chi connectivity index (χ0n) is 9.98. The number of benzene rings is 1. The summed E-state index contributed by atoms with van der Waals surface area (Å²) in [7, 11) is 0. The van der Waals surface area contributed by atoms with Gasteiger partial charge >= 0.3 is 6.18 Å². The number of thiocarbonyl (C=S) groups is 1. The van der Waals surface area contributed by atoms with E-state index in [4.69, 9.17) is 5.73 Å². The molecular weight excluding hydrogens is 289 g/mol. The van der Waals surface area contributed by atoms with Gasteiger partial charge in [-0.3, -0.25) is 10.4 Å². The highest BCUT2D eigenvalue weighted by molar-refractivity contribution is 7.80. The number of rotatable bonds is 2. The number of aromatic nitrogens is 1. The Morgan fingerprint density at radius 2 is 2.05 bits per heavy atom. The number of nitrogens with one attached hydrogen (secondary N) is 1. The molecule has 3 N–H and O–H groups in total. The normalized spacial score (nSPS) is 11.9. The van der Waals surface area contributed by atoms with E-state index >= 15 is 0 Å². The first-order valence-corrected chi connectivity index (χ1v) is 5.84. The molecule has 0 amide bonds. The minimum Gasteiger partial charge on any atom is -0.375 e. The summed E-state index contributed by atoms with van der Waals surface area (Å²) in [5.74, 6) is 0. The third kappa shape index (κ3) is 3.02. The Labute approximate surface area is 117 Å². The minimum atomic E-state index is -4.42. The zero-order valence-corrected chi connectivity index (χ0v) is 10.8. The predicted octanol–water partition coefficient (Wildman–Crippen LogP) is 2.42. The molecule has 0 radical (unpaired) electrons. The molecular formula is C12H9F3N4S. The number of hydrazone groups is 1. The van der Waals surface area contributed by atoms with Crippen molar-refractivity contribution in [2.24, 2.45) is 10.8 Å². The molecule has 0 unspecified atom stereocenters. The molecule has 0 aliphatic carbocycles. The van der Waals surface area contributed by atoms with E-state index in [1.54, 1.807) is 6.07 Å². The van der Waals surface area contributed by atoms with Gasteiger partial charge in [-0.2, -0.15) is 18.3 Å². The van der Waals surface area contributed by atoms with Crippen LogP contribution in [0.1, 0.15) is 11.3 Å². The van der Waals surface area contributed by atoms with E-state index in [2.05, 4.69) is 27.7 Å². The molecule has 0 aliphatic heterocycles. The zero-order chi connectivity index (χ0) is 14.8. The number of fused-ring (bicyclic) bond motifs is 1. The lowest BCUT2D eigenvalue weighted by Gasteiger charge is -2.10. The number of hydrogen-bond acceptors (Lipinski definition) is 3. The first-order chi connectivity index (χ1) is 9.39. The van der Waals surface area contributed by atoms with E-state index in [0.717, 1.165) is 6.07 Å². The van der Waals surface area contributed by atoms with Crippen LogP contribution >= 0.6 is 12.2 Å². The van der Waals surface area contributed by atoms with Crippen molar-refractivity contribution in [2.75, 3.05) is 0 Å². The summed E-state index contributed by atoms with van der Waals surface area (Å²) in [5.41, 5.74) is 7.08. The van der Waals surface area contributed by atoms with Gasteiger partial charge in [-0.05, 0) is 29.7 Å². The largest absolute Gasteiger partial charge is 0.417 e. The quantitative estimate of drug-likeness (QED) is 0.508. The fraction of sp³-hybridized carbons (Fsp3) is 0.0833. The van der Waals surface area contributed by atoms with E-state index in [9.17, 15) is 13.2 Å². The van der Waals surface area contributed by atoms with Gasteiger partial charge in [-0.1, -0.05) is 12.1 Å². The Balaban J connectivity index is 2.54. The lowest BCUT2D eigenvalue weighted by atomic mass is 10.0. The number of halogens is 3. The molecule has 4 nitrogen and oxygen atoms in total. The maximum absolute atomic E-state index is 12.9. The molecule has 0 aliphatic rings. The molecule has 1 aromatic heterocycles. The maximum Gasteiger partial charge on any atom is 0.417 e. The number of pyridine rings is 1. The first-order valence-electron chi connectivity index (χ1n) is 5.43. The van der Waals surface area contributed by atoms with E-state index in [-0.39, 0.29) is 16.2 Å². The van der Waals surface area contributed by atoms with Gasteiger partial charge in [0.2, 0.25) is 0 Å². The van der Waals surface area contributed by atoms with Crippen molar-refractivity contribution in [2.45, 2.75) is 6.18 Å². The van der Waals surface area contributed by atoms with Crippen molar-refractivity contribution in [1.29, 1.82) is 0 Å². The van der Waals surface area contributed by atoms with Gasteiger partial charge < -0.3 is 5.73 Å². The van der Waals surface area contributed by atoms with Gasteiger partial charge in [-0.15, -0.1) is 0 Å². The van der Waals surface area contributed by atoms with Gasteiger partial charge in [0, 0.05) is 11.6 Å². The SMILES string of the molecule is NC(=S)NN=Cc1nccc2c(C(F)(F)F)cccc12. The Morgan fingerprint density at radius 3 is 2.70 bits per heavy atom. The fourth-order valence-corrected chi connectivity index (χ4v) is 1.79. The number of hydrogen-bond donors (Lipinski definition) is 2. The summed E-state index contributed by atoms with van der Waals surface area (Å²) in [6.07, 6.45) is -1.87. The Hall–Kier alpha value is -2.22. The van der Waals surface area contributed by atoms with Crippen molar-refractivity contribution in [3.05, 3.63) is 41.7 Å². The highest BCUT2D eigenvalue weighted by atomic mass is 32.1. The van der Waals surface area contributed by atoms with Crippen LogP contribution in [0, 0.1) is 0 Å². The highest BCUT2D eigenvalue weighted by Crippen LogP contribution is 2.34. The van der Waals surface area contributed by atoms with Crippen LogP contribution in [0.15, 0.2) is 35.6 Å². The average Bonchev–Trinajstić information content (AvgIpc) is 2.36. The average molecular weight is 298 g/mol. The van der Waals surface area contributed by atoms with Crippen LogP contribution in [0.5, 0.6) is 0 Å². The summed E-state index contributed by atoms with van der Waals surface area (Å²) >= 11 is 4.56. The topological polar surface area (TPSA) is 63.3 Å². The summed E-state index contributed by atoms with van der Waals surface area (Å²) in [5, 5.41) is 4.06. The van der Waals surface area contributed by atoms with Gasteiger partial charge in [-0.25, -0.2) is 0 Å². The smallest absolute Gasteiger partial charge is 0.375 e. The summed E-state index contributed by atoms with van der Waals surface area (Å²) in [6, 6.07) is 5.21. The fourth-order valence-electron chi connectivity index (χ4n) is 1.74. The summed E-state index contributed by atoms with van der Waals surface area (Å²) in [6.45, 7) is 0. The lowest BCUT2D eigenvalue weighted by Crippen LogP contribution is -2.24. The second-order valence-electron chi connectivity index (χ2n) is 3.83. The Morgan fingerprint density at radius 1 is 1.30 bits per heavy atom. The van der Waals surface area contributed by atoms with Crippen molar-refractivity contribution < 1.29 is 13.2 Å². The molecule has 1 heterocycles. The van der Waals surface area contributed by atoms with Crippen LogP contribution in [0.2, 0.25) is 0 Å². The molecule has 8 heteroatoms. The second-order valence-corrected chi connectivity index (χ2v) is 4.27. The van der Waals surface area contributed by atoms with Crippen LogP contribution in [0.3, 0.4) is 0 Å². The number of nitrogens with two attached hydrogens (primary N) is 1. The van der Waals surface area contributed by atoms with Gasteiger partial charge in [0.25, 0.3) is 0 Å². The molecule has 0 bridgehead atoms. The molecule has 0 spiro atoms. The van der Waals surface area contributed by atoms with Crippen LogP contribution in [-0.2, 0) is 6.18 Å². The van der Waals surface area contributed by atoms with Gasteiger partial charge in [0.05, 0.1) is 17.5 Å². The summed E-state index contributed by atoms with van der Waals surface area (Å²) in [4.78, 5) is 3.99. The standard InChI is InChI=1S/C12H9F3N4S/c13-12(14,15)9-3-1-2-8-7(9)4-5-17-10(8)6-18-19-11(16)20/h1-6H,(H3,16,19,20). The predicted molar refractivity (Wildman–Crippen MR) is 74.3 cm³/mol. The molecule has 1 aromatic carbocycles. The Bertz CT molecular complexity index is 682. The molecule has 0 atom stereocenters. The monoisotopic (exact) mass is 298 g/mol. The molecule has 0 saturated carbocycles. The third-order valence-electron chi connectivity index (χ3n) is 2.50. The third-order valence-corrected chi connectivity index (χ3v) is 2.60. The number of alkyl halides is 3. The molecule has 2 aromatic rings. The molecule has 0 saturated heterocycles. The first kappa shape index (κ1) is 14.2. The van der Waals surface area contributed by atoms with Crippen molar-refractivity contribution >= 4 is 34.3 Å². The number of nitrogens with zero attached hydrogens (tertiary/aromatic N) is 2.